The fourth-order valence-corrected chi connectivity index (χ4v) is 21.9. The van der Waals surface area contributed by atoms with Crippen LogP contribution in [0.2, 0.25) is 0 Å². The Morgan fingerprint density at radius 3 is 0.706 bits per heavy atom. The minimum Gasteiger partial charge on any atom is -0.771 e. The van der Waals surface area contributed by atoms with Crippen LogP contribution in [0.25, 0.3) is 0 Å². The molecule has 0 aromatic heterocycles. The van der Waals surface area contributed by atoms with E-state index in [2.05, 4.69) is 335 Å². The van der Waals surface area contributed by atoms with Gasteiger partial charge in [-0.15, -0.1) is 0 Å². The van der Waals surface area contributed by atoms with E-state index < -0.39 is 41.7 Å². The van der Waals surface area contributed by atoms with Crippen molar-refractivity contribution in [3.63, 3.8) is 0 Å². The first-order chi connectivity index (χ1) is 14.2. The van der Waals surface area contributed by atoms with E-state index in [9.17, 15) is 8.76 Å². The smallest absolute Gasteiger partial charge is 0.169 e. The highest BCUT2D eigenvalue weighted by atomic mass is 80.0. The molecule has 0 aliphatic heterocycles. The first-order valence-electron chi connectivity index (χ1n) is 6.76. The third kappa shape index (κ3) is 7.58. The number of halogens is 21. The molecule has 2 nitrogen and oxygen atoms in total. The van der Waals surface area contributed by atoms with Gasteiger partial charge in [-0.3, -0.25) is 4.21 Å². The van der Waals surface area contributed by atoms with Crippen molar-refractivity contribution in [3.05, 3.63) is 0 Å². The van der Waals surface area contributed by atoms with Crippen molar-refractivity contribution in [1.29, 1.82) is 0 Å². The van der Waals surface area contributed by atoms with Gasteiger partial charge < -0.3 is 4.55 Å². The second-order valence-electron chi connectivity index (χ2n) is 5.84. The Morgan fingerprint density at radius 1 is 0.353 bits per heavy atom. The van der Waals surface area contributed by atoms with E-state index in [1.807, 2.05) is 0 Å². The van der Waals surface area contributed by atoms with Crippen LogP contribution >= 0.6 is 335 Å². The predicted molar refractivity (Wildman–Crippen MR) is 224 cm³/mol. The molecule has 0 aromatic carbocycles. The van der Waals surface area contributed by atoms with Crippen molar-refractivity contribution in [1.82, 2.24) is 0 Å². The summed E-state index contributed by atoms with van der Waals surface area (Å²) < 4.78 is 11.6. The fourth-order valence-electron chi connectivity index (χ4n) is 1.65. The van der Waals surface area contributed by atoms with Gasteiger partial charge in [0.25, 0.3) is 0 Å². The quantitative estimate of drug-likeness (QED) is 0.170. The Labute approximate surface area is 376 Å². The second kappa shape index (κ2) is 14.4. The molecule has 0 heterocycles. The van der Waals surface area contributed by atoms with Gasteiger partial charge in [-0.25, -0.2) is 0 Å². The maximum atomic E-state index is 12.1. The molecule has 0 saturated heterocycles. The molecule has 0 spiro atoms. The lowest BCUT2D eigenvalue weighted by atomic mass is 10.1. The lowest BCUT2D eigenvalue weighted by Gasteiger charge is -2.59. The Balaban J connectivity index is 7.11. The minimum absolute atomic E-state index is 0.879. The number of hydrogen-bond acceptors (Lipinski definition) is 2. The van der Waals surface area contributed by atoms with Crippen LogP contribution in [-0.4, -0.2) is 39.3 Å². The molecule has 0 aliphatic carbocycles. The van der Waals surface area contributed by atoms with E-state index in [4.69, 9.17) is 0 Å². The van der Waals surface area contributed by atoms with E-state index in [1.165, 1.54) is 0 Å². The van der Waals surface area contributed by atoms with Gasteiger partial charge in [0.15, 0.2) is 4.71 Å². The first kappa shape index (κ1) is 44.2. The summed E-state index contributed by atoms with van der Waals surface area (Å²) in [4.78, 5) is 0. The zero-order valence-electron chi connectivity index (χ0n) is 14.2. The Hall–Kier alpha value is 10.2. The number of alkyl halides is 21. The molecule has 0 aliphatic rings. The van der Waals surface area contributed by atoms with Gasteiger partial charge in [-0.05, 0) is 11.1 Å². The summed E-state index contributed by atoms with van der Waals surface area (Å²) >= 11 is 73.8. The van der Waals surface area contributed by atoms with Gasteiger partial charge >= 0.3 is 0 Å². The second-order valence-corrected chi connectivity index (χ2v) is 45.7. The number of hydrogen-bond donors (Lipinski definition) is 0. The van der Waals surface area contributed by atoms with E-state index in [1.54, 1.807) is 0 Å². The van der Waals surface area contributed by atoms with Gasteiger partial charge in [-0.1, -0.05) is 335 Å². The standard InChI is InChI=1S/C10HBr21O2S/c11-1(12,3(15,16)5(19,20)7(23,24)9(27,28)29)2(13,14)4(17,18)6(21,22)8(25,26)10(30,31)34(32)33/h(H,32,33)/p-1. The zero-order chi connectivity index (χ0) is 28.6. The molecule has 0 rings (SSSR count). The molecule has 24 heteroatoms. The van der Waals surface area contributed by atoms with Gasteiger partial charge in [-0.2, -0.15) is 0 Å². The summed E-state index contributed by atoms with van der Waals surface area (Å²) in [5.41, 5.74) is 0. The third-order valence-electron chi connectivity index (χ3n) is 3.69. The largest absolute Gasteiger partial charge is 0.771 e. The highest BCUT2D eigenvalue weighted by Gasteiger charge is 2.80. The molecule has 0 N–H and O–H groups in total. The summed E-state index contributed by atoms with van der Waals surface area (Å²) in [6.45, 7) is 0. The van der Waals surface area contributed by atoms with Crippen molar-refractivity contribution in [2.24, 2.45) is 0 Å². The summed E-state index contributed by atoms with van der Waals surface area (Å²) in [6, 6.07) is 0. The highest BCUT2D eigenvalue weighted by Crippen LogP contribution is 2.80. The van der Waals surface area contributed by atoms with Gasteiger partial charge in [0.05, 0.1) is 0 Å². The van der Waals surface area contributed by atoms with Crippen LogP contribution in [-0.2, 0) is 11.1 Å². The summed E-state index contributed by atoms with van der Waals surface area (Å²) in [5, 5.41) is 0. The number of rotatable bonds is 9. The predicted octanol–water partition coefficient (Wildman–Crippen LogP) is 15.0. The normalized spacial score (nSPS) is 17.7. The fraction of sp³-hybridized carbons (Fsp3) is 1.00. The summed E-state index contributed by atoms with van der Waals surface area (Å²) in [7, 11) is 0. The summed E-state index contributed by atoms with van der Waals surface area (Å²) in [6.07, 6.45) is 0. The molecular weight excluding hydrogens is 1860 g/mol. The molecule has 34 heavy (non-hydrogen) atoms. The van der Waals surface area contributed by atoms with Crippen molar-refractivity contribution in [3.8, 4) is 0 Å². The van der Waals surface area contributed by atoms with Crippen LogP contribution in [0, 0.1) is 0 Å². The average Bonchev–Trinajstić information content (AvgIpc) is 2.58. The molecule has 0 fully saturated rings. The van der Waals surface area contributed by atoms with Crippen LogP contribution in [0.1, 0.15) is 0 Å². The first-order valence-corrected chi connectivity index (χ1v) is 24.5. The average molecular weight is 1860 g/mol. The molecule has 1 atom stereocenters. The summed E-state index contributed by atoms with van der Waals surface area (Å²) in [5.74, 6) is 0. The van der Waals surface area contributed by atoms with E-state index in [-0.39, 0.29) is 0 Å². The maximum absolute atomic E-state index is 12.1. The van der Waals surface area contributed by atoms with Crippen molar-refractivity contribution >= 4 is 346 Å². The topological polar surface area (TPSA) is 40.1 Å². The molecule has 0 saturated carbocycles. The Bertz CT molecular complexity index is 794. The monoisotopic (exact) mass is 1840 g/mol. The van der Waals surface area contributed by atoms with Crippen molar-refractivity contribution < 1.29 is 8.76 Å². The Morgan fingerprint density at radius 2 is 0.529 bits per heavy atom. The van der Waals surface area contributed by atoms with Crippen molar-refractivity contribution in [2.75, 3.05) is 0 Å². The van der Waals surface area contributed by atoms with Crippen LogP contribution < -0.4 is 0 Å². The molecule has 0 aromatic rings. The third-order valence-corrected chi connectivity index (χ3v) is 48.8. The molecule has 206 valence electrons. The van der Waals surface area contributed by atoms with E-state index in [0.29, 0.717) is 0 Å². The SMILES string of the molecule is O=S([O-])C(Br)(Br)C(Br)(Br)C(Br)(Br)C(Br)(Br)C(Br)(Br)C(Br)(Br)C(Br)(Br)C(Br)(Br)C(Br)(Br)C(Br)(Br)Br. The molecule has 0 radical (unpaired) electrons. The van der Waals surface area contributed by atoms with Crippen LogP contribution in [0.15, 0.2) is 0 Å². The maximum Gasteiger partial charge on any atom is 0.169 e. The van der Waals surface area contributed by atoms with Crippen molar-refractivity contribution in [2.45, 2.75) is 30.6 Å². The van der Waals surface area contributed by atoms with Crippen LogP contribution in [0.5, 0.6) is 0 Å². The zero-order valence-corrected chi connectivity index (χ0v) is 48.3. The van der Waals surface area contributed by atoms with E-state index >= 15 is 0 Å². The van der Waals surface area contributed by atoms with Crippen LogP contribution in [0.3, 0.4) is 0 Å². The highest BCUT2D eigenvalue weighted by molar-refractivity contribution is 9.42. The van der Waals surface area contributed by atoms with Crippen LogP contribution in [0.4, 0.5) is 0 Å². The van der Waals surface area contributed by atoms with Gasteiger partial charge in [0.1, 0.15) is 25.9 Å². The minimum atomic E-state index is -2.66. The lowest BCUT2D eigenvalue weighted by molar-refractivity contribution is 0.521. The Kier molecular flexibility index (Phi) is 18.7. The van der Waals surface area contributed by atoms with Gasteiger partial charge in [0.2, 0.25) is 0 Å². The van der Waals surface area contributed by atoms with E-state index in [0.717, 1.165) is 0 Å². The lowest BCUT2D eigenvalue weighted by Crippen LogP contribution is -2.70. The molecule has 0 bridgehead atoms. The van der Waals surface area contributed by atoms with Gasteiger partial charge in [0, 0.05) is 0 Å². The molecular formula is C10Br21O2S-. The molecule has 1 unspecified atom stereocenters. The molecule has 0 amide bonds.